The molecule has 1 amide bonds. The first-order valence-corrected chi connectivity index (χ1v) is 8.70. The molecular formula is C18H17ClN4O3. The number of furan rings is 1. The van der Waals surface area contributed by atoms with Crippen LogP contribution in [-0.4, -0.2) is 52.0 Å². The Kier molecular flexibility index (Phi) is 4.73. The summed E-state index contributed by atoms with van der Waals surface area (Å²) in [6.07, 6.45) is 1.51. The van der Waals surface area contributed by atoms with Crippen molar-refractivity contribution in [3.05, 3.63) is 59.3 Å². The van der Waals surface area contributed by atoms with Gasteiger partial charge in [-0.2, -0.15) is 4.98 Å². The van der Waals surface area contributed by atoms with E-state index in [4.69, 9.17) is 20.5 Å². The van der Waals surface area contributed by atoms with Gasteiger partial charge in [0.1, 0.15) is 0 Å². The topological polar surface area (TPSA) is 75.6 Å². The van der Waals surface area contributed by atoms with Gasteiger partial charge in [-0.25, -0.2) is 0 Å². The molecular weight excluding hydrogens is 356 g/mol. The van der Waals surface area contributed by atoms with Gasteiger partial charge in [0.2, 0.25) is 11.7 Å². The zero-order chi connectivity index (χ0) is 17.9. The minimum absolute atomic E-state index is 0.0718. The number of carbonyl (C=O) groups is 1. The number of amides is 1. The number of rotatable bonds is 4. The molecule has 3 aromatic rings. The molecule has 8 heteroatoms. The molecule has 1 aliphatic heterocycles. The molecule has 26 heavy (non-hydrogen) atoms. The first kappa shape index (κ1) is 16.8. The van der Waals surface area contributed by atoms with Crippen molar-refractivity contribution in [2.75, 3.05) is 26.2 Å². The first-order chi connectivity index (χ1) is 12.7. The first-order valence-electron chi connectivity index (χ1n) is 8.33. The Balaban J connectivity index is 1.33. The molecule has 0 unspecified atom stereocenters. The van der Waals surface area contributed by atoms with Gasteiger partial charge in [-0.15, -0.1) is 0 Å². The third kappa shape index (κ3) is 3.63. The average Bonchev–Trinajstić information content (AvgIpc) is 3.35. The number of benzene rings is 1. The molecule has 0 bridgehead atoms. The van der Waals surface area contributed by atoms with Crippen molar-refractivity contribution in [2.24, 2.45) is 0 Å². The van der Waals surface area contributed by atoms with Crippen LogP contribution in [0.2, 0.25) is 5.02 Å². The third-order valence-electron chi connectivity index (χ3n) is 4.32. The van der Waals surface area contributed by atoms with E-state index in [1.54, 1.807) is 29.2 Å². The van der Waals surface area contributed by atoms with Crippen LogP contribution < -0.4 is 0 Å². The Morgan fingerprint density at radius 2 is 1.88 bits per heavy atom. The molecule has 0 N–H and O–H groups in total. The number of hydrogen-bond donors (Lipinski definition) is 0. The van der Waals surface area contributed by atoms with Gasteiger partial charge < -0.3 is 13.8 Å². The highest BCUT2D eigenvalue weighted by Crippen LogP contribution is 2.19. The summed E-state index contributed by atoms with van der Waals surface area (Å²) >= 11 is 5.90. The molecule has 1 aliphatic rings. The van der Waals surface area contributed by atoms with Gasteiger partial charge in [0.05, 0.1) is 12.8 Å². The predicted molar refractivity (Wildman–Crippen MR) is 94.6 cm³/mol. The zero-order valence-corrected chi connectivity index (χ0v) is 14.7. The molecule has 0 spiro atoms. The molecule has 1 saturated heterocycles. The summed E-state index contributed by atoms with van der Waals surface area (Å²) in [4.78, 5) is 20.7. The van der Waals surface area contributed by atoms with Gasteiger partial charge in [-0.3, -0.25) is 9.69 Å². The molecule has 1 aromatic carbocycles. The highest BCUT2D eigenvalue weighted by molar-refractivity contribution is 6.30. The number of carbonyl (C=O) groups excluding carboxylic acids is 1. The molecule has 0 atom stereocenters. The summed E-state index contributed by atoms with van der Waals surface area (Å²) in [5, 5.41) is 4.69. The molecule has 3 heterocycles. The van der Waals surface area contributed by atoms with E-state index in [2.05, 4.69) is 15.0 Å². The molecule has 1 fully saturated rings. The summed E-state index contributed by atoms with van der Waals surface area (Å²) in [5.74, 6) is 1.41. The molecule has 0 saturated carbocycles. The number of halogens is 1. The van der Waals surface area contributed by atoms with Gasteiger partial charge >= 0.3 is 0 Å². The van der Waals surface area contributed by atoms with E-state index in [-0.39, 0.29) is 5.91 Å². The Labute approximate surface area is 155 Å². The van der Waals surface area contributed by atoms with Crippen molar-refractivity contribution in [1.29, 1.82) is 0 Å². The van der Waals surface area contributed by atoms with Crippen LogP contribution in [0, 0.1) is 0 Å². The zero-order valence-electron chi connectivity index (χ0n) is 14.0. The molecule has 0 aliphatic carbocycles. The van der Waals surface area contributed by atoms with Crippen LogP contribution in [0.4, 0.5) is 0 Å². The number of piperazine rings is 1. The van der Waals surface area contributed by atoms with Gasteiger partial charge in [-0.1, -0.05) is 16.8 Å². The van der Waals surface area contributed by atoms with Crippen LogP contribution in [0.3, 0.4) is 0 Å². The second-order valence-corrected chi connectivity index (χ2v) is 6.50. The Morgan fingerprint density at radius 1 is 1.12 bits per heavy atom. The van der Waals surface area contributed by atoms with Crippen molar-refractivity contribution in [1.82, 2.24) is 19.9 Å². The summed E-state index contributed by atoms with van der Waals surface area (Å²) in [7, 11) is 0. The number of aromatic nitrogens is 2. The van der Waals surface area contributed by atoms with E-state index < -0.39 is 0 Å². The van der Waals surface area contributed by atoms with Crippen molar-refractivity contribution in [3.8, 4) is 11.4 Å². The SMILES string of the molecule is O=C(c1ccco1)N1CCN(Cc2nc(-c3ccc(Cl)cc3)no2)CC1. The fraction of sp³-hybridized carbons (Fsp3) is 0.278. The molecule has 7 nitrogen and oxygen atoms in total. The van der Waals surface area contributed by atoms with Gasteiger partial charge in [0.25, 0.3) is 5.91 Å². The highest BCUT2D eigenvalue weighted by atomic mass is 35.5. The normalized spacial score (nSPS) is 15.3. The highest BCUT2D eigenvalue weighted by Gasteiger charge is 2.24. The van der Waals surface area contributed by atoms with E-state index >= 15 is 0 Å². The minimum atomic E-state index is -0.0718. The molecule has 134 valence electrons. The van der Waals surface area contributed by atoms with Crippen LogP contribution in [0.25, 0.3) is 11.4 Å². The van der Waals surface area contributed by atoms with Gasteiger partial charge in [0, 0.05) is 36.8 Å². The van der Waals surface area contributed by atoms with E-state index in [1.807, 2.05) is 12.1 Å². The van der Waals surface area contributed by atoms with Gasteiger partial charge in [-0.05, 0) is 36.4 Å². The molecule has 0 radical (unpaired) electrons. The second kappa shape index (κ2) is 7.31. The lowest BCUT2D eigenvalue weighted by atomic mass is 10.2. The monoisotopic (exact) mass is 372 g/mol. The van der Waals surface area contributed by atoms with E-state index in [9.17, 15) is 4.79 Å². The van der Waals surface area contributed by atoms with Crippen LogP contribution in [0.15, 0.2) is 51.6 Å². The fourth-order valence-electron chi connectivity index (χ4n) is 2.89. The lowest BCUT2D eigenvalue weighted by molar-refractivity contribution is 0.0585. The predicted octanol–water partition coefficient (Wildman–Crippen LogP) is 2.94. The van der Waals surface area contributed by atoms with Crippen molar-refractivity contribution >= 4 is 17.5 Å². The van der Waals surface area contributed by atoms with Crippen LogP contribution >= 0.6 is 11.6 Å². The maximum Gasteiger partial charge on any atom is 0.289 e. The third-order valence-corrected chi connectivity index (χ3v) is 4.57. The van der Waals surface area contributed by atoms with E-state index in [0.29, 0.717) is 42.1 Å². The smallest absolute Gasteiger partial charge is 0.289 e. The summed E-state index contributed by atoms with van der Waals surface area (Å²) in [5.41, 5.74) is 0.860. The van der Waals surface area contributed by atoms with E-state index in [0.717, 1.165) is 18.7 Å². The van der Waals surface area contributed by atoms with Crippen LogP contribution in [0.1, 0.15) is 16.4 Å². The Hall–Kier alpha value is -2.64. The Bertz CT molecular complexity index is 868. The molecule has 4 rings (SSSR count). The largest absolute Gasteiger partial charge is 0.459 e. The van der Waals surface area contributed by atoms with Crippen LogP contribution in [0.5, 0.6) is 0 Å². The summed E-state index contributed by atoms with van der Waals surface area (Å²) < 4.78 is 10.5. The quantitative estimate of drug-likeness (QED) is 0.701. The van der Waals surface area contributed by atoms with Gasteiger partial charge in [0.15, 0.2) is 5.76 Å². The standard InChI is InChI=1S/C18H17ClN4O3/c19-14-5-3-13(4-6-14)17-20-16(26-21-17)12-22-7-9-23(10-8-22)18(24)15-2-1-11-25-15/h1-6,11H,7-10,12H2. The van der Waals surface area contributed by atoms with E-state index in [1.165, 1.54) is 6.26 Å². The second-order valence-electron chi connectivity index (χ2n) is 6.06. The van der Waals surface area contributed by atoms with Crippen molar-refractivity contribution in [3.63, 3.8) is 0 Å². The summed E-state index contributed by atoms with van der Waals surface area (Å²) in [6.45, 7) is 3.31. The average molecular weight is 373 g/mol. The lowest BCUT2D eigenvalue weighted by Gasteiger charge is -2.33. The lowest BCUT2D eigenvalue weighted by Crippen LogP contribution is -2.48. The van der Waals surface area contributed by atoms with Crippen molar-refractivity contribution < 1.29 is 13.7 Å². The minimum Gasteiger partial charge on any atom is -0.459 e. The summed E-state index contributed by atoms with van der Waals surface area (Å²) in [6, 6.07) is 10.7. The maximum atomic E-state index is 12.3. The fourth-order valence-corrected chi connectivity index (χ4v) is 3.02. The van der Waals surface area contributed by atoms with Crippen LogP contribution in [-0.2, 0) is 6.54 Å². The molecule has 2 aromatic heterocycles. The number of hydrogen-bond acceptors (Lipinski definition) is 6. The Morgan fingerprint density at radius 3 is 2.58 bits per heavy atom. The maximum absolute atomic E-state index is 12.3. The van der Waals surface area contributed by atoms with Crippen molar-refractivity contribution in [2.45, 2.75) is 6.54 Å². The number of nitrogens with zero attached hydrogens (tertiary/aromatic N) is 4.